The van der Waals surface area contributed by atoms with Crippen molar-refractivity contribution in [2.75, 3.05) is 40.4 Å². The van der Waals surface area contributed by atoms with E-state index in [4.69, 9.17) is 22.5 Å². The van der Waals surface area contributed by atoms with Crippen LogP contribution in [0.4, 0.5) is 26.3 Å². The lowest BCUT2D eigenvalue weighted by molar-refractivity contribution is -0.906. The molecule has 14 heteroatoms. The predicted octanol–water partition coefficient (Wildman–Crippen LogP) is 1.20. The number of carbonyl (C=O) groups excluding carboxylic acids is 1. The quantitative estimate of drug-likeness (QED) is 0.318. The third kappa shape index (κ3) is 16.1. The van der Waals surface area contributed by atoms with Crippen LogP contribution < -0.4 is 5.73 Å². The van der Waals surface area contributed by atoms with Crippen LogP contribution in [0.5, 0.6) is 0 Å². The molecule has 0 aromatic rings. The van der Waals surface area contributed by atoms with Gasteiger partial charge in [-0.1, -0.05) is 0 Å². The van der Waals surface area contributed by atoms with Gasteiger partial charge in [-0.05, 0) is 13.8 Å². The van der Waals surface area contributed by atoms with Crippen LogP contribution in [-0.4, -0.2) is 75.4 Å². The first-order chi connectivity index (χ1) is 10.9. The van der Waals surface area contributed by atoms with Crippen molar-refractivity contribution in [1.29, 1.82) is 0 Å². The van der Waals surface area contributed by atoms with E-state index in [0.29, 0.717) is 0 Å². The summed E-state index contributed by atoms with van der Waals surface area (Å²) in [6.45, 7) is 8.83. The van der Waals surface area contributed by atoms with Gasteiger partial charge in [-0.3, -0.25) is 4.79 Å². The van der Waals surface area contributed by atoms with Crippen molar-refractivity contribution < 1.29 is 53.3 Å². The summed E-state index contributed by atoms with van der Waals surface area (Å²) in [6.07, 6.45) is -4.86. The molecule has 0 atom stereocenters. The van der Waals surface area contributed by atoms with E-state index in [-0.39, 0.29) is 0 Å². The monoisotopic (exact) mass is 408 g/mol. The summed E-state index contributed by atoms with van der Waals surface area (Å²) < 4.78 is 97.2. The second kappa shape index (κ2) is 11.5. The van der Waals surface area contributed by atoms with Crippen LogP contribution in [0, 0.1) is 0 Å². The second-order valence-electron chi connectivity index (χ2n) is 4.73. The molecule has 0 aromatic carbocycles. The van der Waals surface area contributed by atoms with E-state index in [2.05, 4.69) is 26.6 Å². The predicted molar refractivity (Wildman–Crippen MR) is 75.0 cm³/mol. The lowest BCUT2D eigenvalue weighted by atomic mass is 10.4. The van der Waals surface area contributed by atoms with Gasteiger partial charge in [0.2, 0.25) is 0 Å². The number of primary amides is 1. The van der Waals surface area contributed by atoms with Crippen LogP contribution in [-0.2, 0) is 19.6 Å². The molecule has 0 spiro atoms. The zero-order valence-corrected chi connectivity index (χ0v) is 14.9. The Morgan fingerprint density at radius 1 is 1.12 bits per heavy atom. The first kappa shape index (κ1) is 28.7. The fraction of sp³-hybridized carbons (Fsp3) is 0.909. The number of ether oxygens (including phenoxy) is 1. The van der Waals surface area contributed by atoms with E-state index in [1.807, 2.05) is 0 Å². The highest BCUT2D eigenvalue weighted by Gasteiger charge is 2.37. The number of nitrogens with two attached hydrogens (primary N) is 1. The number of methoxy groups -OCH3 is 1. The molecule has 0 heterocycles. The number of amides is 1. The van der Waals surface area contributed by atoms with Crippen molar-refractivity contribution in [2.24, 2.45) is 5.73 Å². The Morgan fingerprint density at radius 3 is 1.52 bits per heavy atom. The van der Waals surface area contributed by atoms with Crippen molar-refractivity contribution in [2.45, 2.75) is 25.5 Å². The maximum atomic E-state index is 10.7. The van der Waals surface area contributed by atoms with Gasteiger partial charge in [0.15, 0.2) is 10.1 Å². The number of alkyl halides is 6. The molecule has 154 valence electrons. The van der Waals surface area contributed by atoms with E-state index in [0.717, 1.165) is 17.6 Å². The number of carbonyl (C=O) groups is 1. The van der Waals surface area contributed by atoms with Crippen LogP contribution in [0.2, 0.25) is 0 Å². The van der Waals surface area contributed by atoms with Crippen molar-refractivity contribution in [3.63, 3.8) is 0 Å². The van der Waals surface area contributed by atoms with Crippen LogP contribution in [0.3, 0.4) is 0 Å². The van der Waals surface area contributed by atoms with E-state index in [1.54, 1.807) is 7.11 Å². The highest BCUT2D eigenvalue weighted by atomic mass is 32.2. The molecule has 0 aliphatic rings. The Hall–Kier alpha value is -1.12. The smallest absolute Gasteiger partial charge is 0.485 e. The normalized spacial score (nSPS) is 12.4. The summed E-state index contributed by atoms with van der Waals surface area (Å²) in [7, 11) is -2.07. The Labute approximate surface area is 142 Å². The van der Waals surface area contributed by atoms with Crippen molar-refractivity contribution in [3.8, 4) is 0 Å². The van der Waals surface area contributed by atoms with Gasteiger partial charge < -0.3 is 19.5 Å². The Morgan fingerprint density at radius 2 is 1.40 bits per heavy atom. The number of rotatable bonds is 5. The number of likely N-dealkylation sites (N-methyl/N-ethyl adjacent to an activating group) is 1. The molecule has 0 saturated carbocycles. The number of halogens is 6. The first-order valence-corrected chi connectivity index (χ1v) is 8.00. The van der Waals surface area contributed by atoms with Gasteiger partial charge in [0.25, 0.3) is 0 Å². The Balaban J connectivity index is -0.000000296. The van der Waals surface area contributed by atoms with Gasteiger partial charge >= 0.3 is 17.6 Å². The average Bonchev–Trinajstić information content (AvgIpc) is 2.43. The van der Waals surface area contributed by atoms with Crippen LogP contribution >= 0.6 is 0 Å². The van der Waals surface area contributed by atoms with Gasteiger partial charge in [-0.25, -0.2) is 8.42 Å². The van der Waals surface area contributed by atoms with E-state index in [1.165, 1.54) is 13.1 Å². The lowest BCUT2D eigenvalue weighted by Gasteiger charge is -2.31. The Bertz CT molecular complexity index is 474. The van der Waals surface area contributed by atoms with Gasteiger partial charge in [0.05, 0.1) is 26.7 Å². The van der Waals surface area contributed by atoms with E-state index in [9.17, 15) is 26.3 Å². The third-order valence-electron chi connectivity index (χ3n) is 2.92. The molecule has 7 nitrogen and oxygen atoms in total. The highest BCUT2D eigenvalue weighted by Crippen LogP contribution is 2.20. The topological polar surface area (TPSA) is 110 Å². The maximum absolute atomic E-state index is 10.7. The standard InChI is InChI=1S/C8H20NO.C2H2F3NO.CHF3O3S/c1-5-9(3,6-2)7-8-10-4;3-2(4,5)1(6)7;2-1(3,4)8(5,6)7/h5-8H2,1-4H3;(H2,6,7);(H,5,6,7)/q+1;;/p-1. The molecule has 0 bridgehead atoms. The summed E-state index contributed by atoms with van der Waals surface area (Å²) >= 11 is 0. The van der Waals surface area contributed by atoms with Crippen LogP contribution in [0.1, 0.15) is 13.8 Å². The SMILES string of the molecule is CC[N+](C)(CC)CCOC.NC(=O)C(F)(F)F.O=S(=O)([O-])C(F)(F)F. The van der Waals surface area contributed by atoms with Gasteiger partial charge in [0, 0.05) is 7.11 Å². The van der Waals surface area contributed by atoms with Gasteiger partial charge in [-0.2, -0.15) is 26.3 Å². The zero-order chi connectivity index (χ0) is 21.1. The summed E-state index contributed by atoms with van der Waals surface area (Å²) in [4.78, 5) is 9.12. The molecule has 0 radical (unpaired) electrons. The molecule has 0 aromatic heterocycles. The third-order valence-corrected chi connectivity index (χ3v) is 3.49. The fourth-order valence-electron chi connectivity index (χ4n) is 0.852. The Kier molecular flexibility index (Phi) is 13.2. The molecular weight excluding hydrogens is 386 g/mol. The van der Waals surface area contributed by atoms with Gasteiger partial charge in [0.1, 0.15) is 6.54 Å². The summed E-state index contributed by atoms with van der Waals surface area (Å²) in [5, 5.41) is 0. The minimum Gasteiger partial charge on any atom is -0.741 e. The molecule has 2 N–H and O–H groups in total. The number of nitrogens with zero attached hydrogens (tertiary/aromatic N) is 1. The largest absolute Gasteiger partial charge is 0.741 e. The minimum absolute atomic E-state index is 0.873. The molecule has 1 amide bonds. The summed E-state index contributed by atoms with van der Waals surface area (Å²) in [5.74, 6) is -2.26. The fourth-order valence-corrected chi connectivity index (χ4v) is 0.852. The molecule has 25 heavy (non-hydrogen) atoms. The van der Waals surface area contributed by atoms with E-state index >= 15 is 0 Å². The zero-order valence-electron chi connectivity index (χ0n) is 14.1. The van der Waals surface area contributed by atoms with Crippen molar-refractivity contribution in [3.05, 3.63) is 0 Å². The van der Waals surface area contributed by atoms with Crippen molar-refractivity contribution >= 4 is 16.0 Å². The first-order valence-electron chi connectivity index (χ1n) is 6.59. The average molecular weight is 408 g/mol. The molecule has 0 saturated heterocycles. The molecular formula is C11H22F6N2O5S. The summed E-state index contributed by atoms with van der Waals surface area (Å²) in [5.41, 5.74) is -1.84. The maximum Gasteiger partial charge on any atom is 0.485 e. The van der Waals surface area contributed by atoms with Gasteiger partial charge in [-0.15, -0.1) is 0 Å². The molecule has 0 aliphatic carbocycles. The van der Waals surface area contributed by atoms with Crippen molar-refractivity contribution in [1.82, 2.24) is 0 Å². The number of quaternary nitrogens is 1. The summed E-state index contributed by atoms with van der Waals surface area (Å²) in [6, 6.07) is 0. The molecule has 0 fully saturated rings. The number of hydrogen-bond donors (Lipinski definition) is 1. The van der Waals surface area contributed by atoms with E-state index < -0.39 is 27.7 Å². The number of hydrogen-bond acceptors (Lipinski definition) is 5. The molecule has 0 aliphatic heterocycles. The second-order valence-corrected chi connectivity index (χ2v) is 6.10. The molecule has 0 unspecified atom stereocenters. The van der Waals surface area contributed by atoms with Crippen LogP contribution in [0.15, 0.2) is 0 Å². The lowest BCUT2D eigenvalue weighted by Crippen LogP contribution is -2.45. The minimum atomic E-state index is -6.09. The molecule has 0 rings (SSSR count). The van der Waals surface area contributed by atoms with Crippen LogP contribution in [0.25, 0.3) is 0 Å². The highest BCUT2D eigenvalue weighted by molar-refractivity contribution is 7.86.